The third-order valence-corrected chi connectivity index (χ3v) is 6.54. The van der Waals surface area contributed by atoms with Crippen LogP contribution in [0, 0.1) is 0 Å². The molecule has 0 heterocycles. The zero-order valence-electron chi connectivity index (χ0n) is 14.5. The molecule has 3 atom stereocenters. The van der Waals surface area contributed by atoms with Crippen molar-refractivity contribution in [2.24, 2.45) is 5.73 Å². The number of nitrogens with two attached hydrogens (primary N) is 1. The van der Waals surface area contributed by atoms with E-state index in [1.807, 2.05) is 17.8 Å². The van der Waals surface area contributed by atoms with Crippen LogP contribution < -0.4 is 5.73 Å². The minimum atomic E-state index is -0.413. The molecule has 0 aromatic heterocycles. The van der Waals surface area contributed by atoms with Crippen molar-refractivity contribution in [1.82, 2.24) is 0 Å². The summed E-state index contributed by atoms with van der Waals surface area (Å²) in [5.41, 5.74) is 7.76. The fourth-order valence-corrected chi connectivity index (χ4v) is 4.91. The van der Waals surface area contributed by atoms with Gasteiger partial charge in [0.1, 0.15) is 0 Å². The van der Waals surface area contributed by atoms with Crippen LogP contribution >= 0.6 is 11.8 Å². The monoisotopic (exact) mass is 335 g/mol. The number of thioether (sulfide) groups is 1. The Bertz CT molecular complexity index is 419. The van der Waals surface area contributed by atoms with Crippen molar-refractivity contribution < 1.29 is 5.11 Å². The average Bonchev–Trinajstić information content (AvgIpc) is 2.61. The Morgan fingerprint density at radius 3 is 2.52 bits per heavy atom. The van der Waals surface area contributed by atoms with E-state index in [1.54, 1.807) is 0 Å². The van der Waals surface area contributed by atoms with Crippen LogP contribution in [0.15, 0.2) is 30.3 Å². The van der Waals surface area contributed by atoms with Gasteiger partial charge in [0.05, 0.1) is 6.10 Å². The molecule has 0 saturated heterocycles. The van der Waals surface area contributed by atoms with Gasteiger partial charge in [-0.3, -0.25) is 0 Å². The highest BCUT2D eigenvalue weighted by Crippen LogP contribution is 2.31. The van der Waals surface area contributed by atoms with E-state index in [4.69, 9.17) is 5.73 Å². The van der Waals surface area contributed by atoms with Crippen LogP contribution in [-0.4, -0.2) is 28.3 Å². The Kier molecular flexibility index (Phi) is 8.49. The molecule has 1 aliphatic carbocycles. The van der Waals surface area contributed by atoms with E-state index in [2.05, 4.69) is 31.2 Å². The first kappa shape index (κ1) is 18.8. The Morgan fingerprint density at radius 2 is 1.87 bits per heavy atom. The second kappa shape index (κ2) is 10.4. The third-order valence-electron chi connectivity index (χ3n) is 5.06. The SMILES string of the molecule is CCCCC(c1ccccc1)C(N)C(O)CSC1CCCCC1. The second-order valence-electron chi connectivity index (χ2n) is 6.90. The van der Waals surface area contributed by atoms with Gasteiger partial charge in [-0.05, 0) is 24.8 Å². The van der Waals surface area contributed by atoms with Crippen LogP contribution in [-0.2, 0) is 0 Å². The summed E-state index contributed by atoms with van der Waals surface area (Å²) >= 11 is 1.94. The van der Waals surface area contributed by atoms with Gasteiger partial charge in [-0.15, -0.1) is 0 Å². The summed E-state index contributed by atoms with van der Waals surface area (Å²) in [5.74, 6) is 1.04. The highest BCUT2D eigenvalue weighted by molar-refractivity contribution is 7.99. The molecule has 3 N–H and O–H groups in total. The topological polar surface area (TPSA) is 46.2 Å². The van der Waals surface area contributed by atoms with E-state index >= 15 is 0 Å². The van der Waals surface area contributed by atoms with E-state index < -0.39 is 6.10 Å². The van der Waals surface area contributed by atoms with Crippen molar-refractivity contribution >= 4 is 11.8 Å². The Balaban J connectivity index is 1.90. The first-order valence-corrected chi connectivity index (χ1v) is 10.4. The van der Waals surface area contributed by atoms with Crippen LogP contribution in [0.25, 0.3) is 0 Å². The standard InChI is InChI=1S/C20H33NOS/c1-2-3-14-18(16-10-6-4-7-11-16)20(21)19(22)15-23-17-12-8-5-9-13-17/h4,6-7,10-11,17-20,22H,2-3,5,8-9,12-15,21H2,1H3. The third kappa shape index (κ3) is 6.13. The molecule has 130 valence electrons. The molecule has 1 aromatic carbocycles. The fourth-order valence-electron chi connectivity index (χ4n) is 3.55. The molecule has 1 saturated carbocycles. The molecular weight excluding hydrogens is 302 g/mol. The molecule has 3 heteroatoms. The van der Waals surface area contributed by atoms with Gasteiger partial charge in [-0.1, -0.05) is 69.4 Å². The molecule has 23 heavy (non-hydrogen) atoms. The summed E-state index contributed by atoms with van der Waals surface area (Å²) in [7, 11) is 0. The Labute approximate surface area is 146 Å². The van der Waals surface area contributed by atoms with Gasteiger partial charge in [0.2, 0.25) is 0 Å². The summed E-state index contributed by atoms with van der Waals surface area (Å²) in [4.78, 5) is 0. The largest absolute Gasteiger partial charge is 0.391 e. The summed E-state index contributed by atoms with van der Waals surface area (Å²) in [6, 6.07) is 10.3. The number of benzene rings is 1. The maximum atomic E-state index is 10.6. The molecule has 0 spiro atoms. The predicted molar refractivity (Wildman–Crippen MR) is 102 cm³/mol. The van der Waals surface area contributed by atoms with Crippen molar-refractivity contribution in [3.63, 3.8) is 0 Å². The van der Waals surface area contributed by atoms with Gasteiger partial charge >= 0.3 is 0 Å². The molecular formula is C20H33NOS. The number of aliphatic hydroxyl groups is 1. The number of rotatable bonds is 9. The maximum absolute atomic E-state index is 10.6. The molecule has 1 fully saturated rings. The lowest BCUT2D eigenvalue weighted by molar-refractivity contribution is 0.151. The lowest BCUT2D eigenvalue weighted by Gasteiger charge is -2.30. The maximum Gasteiger partial charge on any atom is 0.0787 e. The van der Waals surface area contributed by atoms with Crippen molar-refractivity contribution in [3.05, 3.63) is 35.9 Å². The summed E-state index contributed by atoms with van der Waals surface area (Å²) in [6.45, 7) is 2.21. The quantitative estimate of drug-likeness (QED) is 0.687. The van der Waals surface area contributed by atoms with Gasteiger partial charge in [-0.2, -0.15) is 11.8 Å². The van der Waals surface area contributed by atoms with Crippen LogP contribution in [0.5, 0.6) is 0 Å². The van der Waals surface area contributed by atoms with Crippen molar-refractivity contribution in [2.45, 2.75) is 81.6 Å². The number of unbranched alkanes of at least 4 members (excludes halogenated alkanes) is 1. The van der Waals surface area contributed by atoms with Gasteiger partial charge in [0, 0.05) is 23.0 Å². The Morgan fingerprint density at radius 1 is 1.17 bits per heavy atom. The minimum absolute atomic E-state index is 0.167. The van der Waals surface area contributed by atoms with Crippen molar-refractivity contribution in [2.75, 3.05) is 5.75 Å². The first-order valence-electron chi connectivity index (χ1n) is 9.32. The molecule has 0 radical (unpaired) electrons. The molecule has 2 nitrogen and oxygen atoms in total. The van der Waals surface area contributed by atoms with Crippen LogP contribution in [0.3, 0.4) is 0 Å². The molecule has 0 bridgehead atoms. The van der Waals surface area contributed by atoms with Gasteiger partial charge in [-0.25, -0.2) is 0 Å². The van der Waals surface area contributed by atoms with E-state index in [1.165, 1.54) is 44.1 Å². The highest BCUT2D eigenvalue weighted by Gasteiger charge is 2.27. The van der Waals surface area contributed by atoms with E-state index in [0.717, 1.165) is 23.8 Å². The predicted octanol–water partition coefficient (Wildman–Crippen LogP) is 4.71. The smallest absolute Gasteiger partial charge is 0.0787 e. The lowest BCUT2D eigenvalue weighted by Crippen LogP contribution is -2.42. The van der Waals surface area contributed by atoms with Crippen LogP contribution in [0.4, 0.5) is 0 Å². The minimum Gasteiger partial charge on any atom is -0.391 e. The lowest BCUT2D eigenvalue weighted by atomic mass is 9.85. The van der Waals surface area contributed by atoms with Crippen molar-refractivity contribution in [1.29, 1.82) is 0 Å². The number of hydrogen-bond acceptors (Lipinski definition) is 3. The molecule has 1 aliphatic rings. The average molecular weight is 336 g/mol. The Hall–Kier alpha value is -0.510. The summed E-state index contributed by atoms with van der Waals surface area (Å²) < 4.78 is 0. The summed E-state index contributed by atoms with van der Waals surface area (Å²) in [5, 5.41) is 11.4. The van der Waals surface area contributed by atoms with E-state index in [-0.39, 0.29) is 12.0 Å². The second-order valence-corrected chi connectivity index (χ2v) is 8.23. The molecule has 2 rings (SSSR count). The molecule has 0 amide bonds. The van der Waals surface area contributed by atoms with Crippen molar-refractivity contribution in [3.8, 4) is 0 Å². The summed E-state index contributed by atoms with van der Waals surface area (Å²) in [6.07, 6.45) is 9.68. The van der Waals surface area contributed by atoms with Gasteiger partial charge < -0.3 is 10.8 Å². The number of hydrogen-bond donors (Lipinski definition) is 2. The van der Waals surface area contributed by atoms with Gasteiger partial charge in [0.15, 0.2) is 0 Å². The van der Waals surface area contributed by atoms with E-state index in [0.29, 0.717) is 0 Å². The normalized spacial score (nSPS) is 20.1. The fraction of sp³-hybridized carbons (Fsp3) is 0.700. The van der Waals surface area contributed by atoms with E-state index in [9.17, 15) is 5.11 Å². The van der Waals surface area contributed by atoms with Crippen LogP contribution in [0.2, 0.25) is 0 Å². The zero-order chi connectivity index (χ0) is 16.5. The van der Waals surface area contributed by atoms with Crippen LogP contribution in [0.1, 0.15) is 69.8 Å². The first-order chi connectivity index (χ1) is 11.2. The molecule has 1 aromatic rings. The number of aliphatic hydroxyl groups excluding tert-OH is 1. The zero-order valence-corrected chi connectivity index (χ0v) is 15.3. The van der Waals surface area contributed by atoms with Gasteiger partial charge in [0.25, 0.3) is 0 Å². The molecule has 0 aliphatic heterocycles. The highest BCUT2D eigenvalue weighted by atomic mass is 32.2. The molecule has 3 unspecified atom stereocenters.